The second-order valence-electron chi connectivity index (χ2n) is 4.78. The molecular formula is C17H16N2O. The van der Waals surface area contributed by atoms with E-state index in [0.717, 1.165) is 16.8 Å². The van der Waals surface area contributed by atoms with Crippen molar-refractivity contribution < 1.29 is 4.79 Å². The highest BCUT2D eigenvalue weighted by atomic mass is 16.1. The molecular weight excluding hydrogens is 248 g/mol. The van der Waals surface area contributed by atoms with Crippen LogP contribution in [0.4, 0.5) is 5.69 Å². The van der Waals surface area contributed by atoms with Crippen LogP contribution in [-0.2, 0) is 4.79 Å². The molecule has 0 aliphatic rings. The average Bonchev–Trinajstić information content (AvgIpc) is 2.44. The predicted molar refractivity (Wildman–Crippen MR) is 79.3 cm³/mol. The third kappa shape index (κ3) is 3.04. The maximum Gasteiger partial charge on any atom is 0.246 e. The molecule has 0 fully saturated rings. The first kappa shape index (κ1) is 13.8. The van der Waals surface area contributed by atoms with E-state index in [9.17, 15) is 10.1 Å². The first-order valence-corrected chi connectivity index (χ1v) is 6.44. The Hall–Kier alpha value is -2.60. The van der Waals surface area contributed by atoms with Gasteiger partial charge in [0.25, 0.3) is 0 Å². The normalized spacial score (nSPS) is 11.4. The standard InChI is InChI=1S/C17H16N2O/c1-12-8-9-16(13(2)10-12)19-17(20)15(11-18)14-6-4-3-5-7-14/h3-10,15H,1-2H3,(H,19,20). The summed E-state index contributed by atoms with van der Waals surface area (Å²) in [6.45, 7) is 3.94. The van der Waals surface area contributed by atoms with Crippen molar-refractivity contribution in [3.8, 4) is 6.07 Å². The minimum Gasteiger partial charge on any atom is -0.324 e. The SMILES string of the molecule is Cc1ccc(NC(=O)C(C#N)c2ccccc2)c(C)c1. The summed E-state index contributed by atoms with van der Waals surface area (Å²) in [6, 6.07) is 16.9. The van der Waals surface area contributed by atoms with Gasteiger partial charge in [-0.1, -0.05) is 48.0 Å². The molecule has 3 nitrogen and oxygen atoms in total. The third-order valence-electron chi connectivity index (χ3n) is 3.16. The fourth-order valence-corrected chi connectivity index (χ4v) is 2.09. The topological polar surface area (TPSA) is 52.9 Å². The smallest absolute Gasteiger partial charge is 0.246 e. The van der Waals surface area contributed by atoms with E-state index in [-0.39, 0.29) is 5.91 Å². The van der Waals surface area contributed by atoms with Gasteiger partial charge in [-0.2, -0.15) is 5.26 Å². The monoisotopic (exact) mass is 264 g/mol. The number of hydrogen-bond donors (Lipinski definition) is 1. The van der Waals surface area contributed by atoms with E-state index in [1.54, 1.807) is 12.1 Å². The van der Waals surface area contributed by atoms with Crippen LogP contribution in [0.2, 0.25) is 0 Å². The van der Waals surface area contributed by atoms with Gasteiger partial charge in [0.15, 0.2) is 5.92 Å². The van der Waals surface area contributed by atoms with E-state index in [1.807, 2.05) is 50.2 Å². The van der Waals surface area contributed by atoms with Gasteiger partial charge in [0, 0.05) is 5.69 Å². The Kier molecular flexibility index (Phi) is 4.17. The van der Waals surface area contributed by atoms with Crippen LogP contribution in [0.25, 0.3) is 0 Å². The number of anilines is 1. The second kappa shape index (κ2) is 6.03. The van der Waals surface area contributed by atoms with Gasteiger partial charge in [-0.25, -0.2) is 0 Å². The highest BCUT2D eigenvalue weighted by Crippen LogP contribution is 2.20. The van der Waals surface area contributed by atoms with Crippen molar-refractivity contribution in [1.82, 2.24) is 0 Å². The van der Waals surface area contributed by atoms with Crippen LogP contribution in [-0.4, -0.2) is 5.91 Å². The Balaban J connectivity index is 2.21. The van der Waals surface area contributed by atoms with Crippen molar-refractivity contribution in [3.05, 3.63) is 65.2 Å². The van der Waals surface area contributed by atoms with Crippen molar-refractivity contribution in [3.63, 3.8) is 0 Å². The first-order valence-electron chi connectivity index (χ1n) is 6.44. The Bertz CT molecular complexity index is 656. The Morgan fingerprint density at radius 1 is 1.15 bits per heavy atom. The van der Waals surface area contributed by atoms with Gasteiger partial charge in [-0.05, 0) is 31.0 Å². The van der Waals surface area contributed by atoms with Crippen molar-refractivity contribution in [1.29, 1.82) is 5.26 Å². The highest BCUT2D eigenvalue weighted by Gasteiger charge is 2.20. The summed E-state index contributed by atoms with van der Waals surface area (Å²) in [5, 5.41) is 12.1. The highest BCUT2D eigenvalue weighted by molar-refractivity contribution is 5.98. The molecule has 0 saturated carbocycles. The largest absolute Gasteiger partial charge is 0.324 e. The fraction of sp³-hybridized carbons (Fsp3) is 0.176. The molecule has 20 heavy (non-hydrogen) atoms. The molecule has 0 aromatic heterocycles. The van der Waals surface area contributed by atoms with Gasteiger partial charge in [-0.15, -0.1) is 0 Å². The van der Waals surface area contributed by atoms with Crippen molar-refractivity contribution in [2.24, 2.45) is 0 Å². The van der Waals surface area contributed by atoms with Crippen molar-refractivity contribution in [2.75, 3.05) is 5.32 Å². The lowest BCUT2D eigenvalue weighted by molar-refractivity contribution is -0.116. The van der Waals surface area contributed by atoms with Crippen LogP contribution in [0.3, 0.4) is 0 Å². The Morgan fingerprint density at radius 2 is 1.85 bits per heavy atom. The zero-order valence-corrected chi connectivity index (χ0v) is 11.6. The molecule has 100 valence electrons. The van der Waals surface area contributed by atoms with Gasteiger partial charge in [0.2, 0.25) is 5.91 Å². The Labute approximate surface area is 118 Å². The van der Waals surface area contributed by atoms with Crippen LogP contribution < -0.4 is 5.32 Å². The van der Waals surface area contributed by atoms with Crippen LogP contribution in [0.1, 0.15) is 22.6 Å². The number of nitrogens with zero attached hydrogens (tertiary/aromatic N) is 1. The first-order chi connectivity index (χ1) is 9.61. The molecule has 1 amide bonds. The number of benzene rings is 2. The average molecular weight is 264 g/mol. The number of nitriles is 1. The molecule has 0 spiro atoms. The maximum absolute atomic E-state index is 12.2. The van der Waals surface area contributed by atoms with E-state index in [2.05, 4.69) is 11.4 Å². The molecule has 2 aromatic rings. The third-order valence-corrected chi connectivity index (χ3v) is 3.16. The number of hydrogen-bond acceptors (Lipinski definition) is 2. The van der Waals surface area contributed by atoms with E-state index in [4.69, 9.17) is 0 Å². The molecule has 0 aliphatic heterocycles. The number of nitrogens with one attached hydrogen (secondary N) is 1. The molecule has 0 heterocycles. The molecule has 0 bridgehead atoms. The van der Waals surface area contributed by atoms with Gasteiger partial charge < -0.3 is 5.32 Å². The molecule has 0 radical (unpaired) electrons. The van der Waals surface area contributed by atoms with Gasteiger partial charge >= 0.3 is 0 Å². The maximum atomic E-state index is 12.2. The number of carbonyl (C=O) groups excluding carboxylic acids is 1. The second-order valence-corrected chi connectivity index (χ2v) is 4.78. The summed E-state index contributed by atoms with van der Waals surface area (Å²) < 4.78 is 0. The fourth-order valence-electron chi connectivity index (χ4n) is 2.09. The molecule has 2 aromatic carbocycles. The summed E-state index contributed by atoms with van der Waals surface area (Å²) in [7, 11) is 0. The van der Waals surface area contributed by atoms with Crippen LogP contribution in [0, 0.1) is 25.2 Å². The Morgan fingerprint density at radius 3 is 2.45 bits per heavy atom. The molecule has 2 rings (SSSR count). The van der Waals surface area contributed by atoms with E-state index in [0.29, 0.717) is 5.56 Å². The molecule has 1 N–H and O–H groups in total. The lowest BCUT2D eigenvalue weighted by Gasteiger charge is -2.12. The molecule has 0 aliphatic carbocycles. The zero-order valence-electron chi connectivity index (χ0n) is 11.6. The minimum atomic E-state index is -0.795. The summed E-state index contributed by atoms with van der Waals surface area (Å²) in [4.78, 5) is 12.2. The van der Waals surface area contributed by atoms with Crippen LogP contribution >= 0.6 is 0 Å². The van der Waals surface area contributed by atoms with Gasteiger partial charge in [0.05, 0.1) is 6.07 Å². The van der Waals surface area contributed by atoms with Crippen LogP contribution in [0.15, 0.2) is 48.5 Å². The number of aryl methyl sites for hydroxylation is 2. The summed E-state index contributed by atoms with van der Waals surface area (Å²) in [5.41, 5.74) is 3.58. The van der Waals surface area contributed by atoms with E-state index < -0.39 is 5.92 Å². The summed E-state index contributed by atoms with van der Waals surface area (Å²) in [5.74, 6) is -1.09. The lowest BCUT2D eigenvalue weighted by Crippen LogP contribution is -2.20. The van der Waals surface area contributed by atoms with E-state index in [1.165, 1.54) is 0 Å². The van der Waals surface area contributed by atoms with Gasteiger partial charge in [-0.3, -0.25) is 4.79 Å². The van der Waals surface area contributed by atoms with Gasteiger partial charge in [0.1, 0.15) is 0 Å². The van der Waals surface area contributed by atoms with Crippen molar-refractivity contribution >= 4 is 11.6 Å². The zero-order chi connectivity index (χ0) is 14.5. The van der Waals surface area contributed by atoms with E-state index >= 15 is 0 Å². The summed E-state index contributed by atoms with van der Waals surface area (Å²) >= 11 is 0. The quantitative estimate of drug-likeness (QED) is 0.921. The molecule has 3 heteroatoms. The lowest BCUT2D eigenvalue weighted by atomic mass is 9.99. The minimum absolute atomic E-state index is 0.300. The number of amides is 1. The summed E-state index contributed by atoms with van der Waals surface area (Å²) in [6.07, 6.45) is 0. The molecule has 1 atom stereocenters. The van der Waals surface area contributed by atoms with Crippen LogP contribution in [0.5, 0.6) is 0 Å². The molecule has 0 saturated heterocycles. The predicted octanol–water partition coefficient (Wildman–Crippen LogP) is 3.55. The van der Waals surface area contributed by atoms with Crippen molar-refractivity contribution in [2.45, 2.75) is 19.8 Å². The number of rotatable bonds is 3. The molecule has 1 unspecified atom stereocenters. The number of carbonyl (C=O) groups is 1.